The molecule has 0 radical (unpaired) electrons. The van der Waals surface area contributed by atoms with E-state index in [-0.39, 0.29) is 5.91 Å². The number of carbonyl (C=O) groups is 2. The summed E-state index contributed by atoms with van der Waals surface area (Å²) in [5.41, 5.74) is 0.968. The lowest BCUT2D eigenvalue weighted by Crippen LogP contribution is -2.45. The maximum atomic E-state index is 12.4. The zero-order chi connectivity index (χ0) is 14.9. The van der Waals surface area contributed by atoms with Gasteiger partial charge >= 0.3 is 5.97 Å². The molecule has 1 aromatic rings. The number of nitrogens with zero attached hydrogens (tertiary/aromatic N) is 1. The fourth-order valence-corrected chi connectivity index (χ4v) is 3.07. The van der Waals surface area contributed by atoms with Gasteiger partial charge in [0.2, 0.25) is 0 Å². The summed E-state index contributed by atoms with van der Waals surface area (Å²) < 4.78 is 0.883. The molecule has 0 saturated carbocycles. The van der Waals surface area contributed by atoms with Crippen molar-refractivity contribution in [2.24, 2.45) is 5.41 Å². The van der Waals surface area contributed by atoms with Gasteiger partial charge in [-0.25, -0.2) is 0 Å². The van der Waals surface area contributed by atoms with Crippen LogP contribution in [-0.2, 0) is 4.79 Å². The molecule has 0 aromatic heterocycles. The highest BCUT2D eigenvalue weighted by Crippen LogP contribution is 2.31. The summed E-state index contributed by atoms with van der Waals surface area (Å²) in [5, 5.41) is 9.20. The minimum absolute atomic E-state index is 0.0261. The second-order valence-electron chi connectivity index (χ2n) is 5.68. The van der Waals surface area contributed by atoms with Gasteiger partial charge in [0.25, 0.3) is 5.91 Å². The Bertz CT molecular complexity index is 528. The Balaban J connectivity index is 2.10. The second-order valence-corrected chi connectivity index (χ2v) is 6.59. The number of aliphatic carboxylic acids is 1. The van der Waals surface area contributed by atoms with Gasteiger partial charge in [0.15, 0.2) is 0 Å². The number of aryl methyl sites for hydroxylation is 1. The standard InChI is InChI=1S/C15H18BrNO3/c1-10-7-11(9-12(16)8-10)13(18)17-5-3-15(2,4-6-17)14(19)20/h7-9H,3-6H2,1-2H3,(H,19,20). The van der Waals surface area contributed by atoms with Crippen LogP contribution in [0.4, 0.5) is 0 Å². The highest BCUT2D eigenvalue weighted by molar-refractivity contribution is 9.10. The van der Waals surface area contributed by atoms with E-state index in [4.69, 9.17) is 0 Å². The molecule has 5 heteroatoms. The molecule has 1 saturated heterocycles. The molecule has 0 spiro atoms. The zero-order valence-electron chi connectivity index (χ0n) is 11.6. The van der Waals surface area contributed by atoms with Gasteiger partial charge in [0, 0.05) is 23.1 Å². The number of hydrogen-bond donors (Lipinski definition) is 1. The number of benzene rings is 1. The average molecular weight is 340 g/mol. The Morgan fingerprint density at radius 1 is 1.25 bits per heavy atom. The van der Waals surface area contributed by atoms with Gasteiger partial charge in [0.05, 0.1) is 5.41 Å². The fourth-order valence-electron chi connectivity index (χ4n) is 2.46. The normalized spacial score (nSPS) is 17.9. The average Bonchev–Trinajstić information content (AvgIpc) is 2.37. The van der Waals surface area contributed by atoms with Crippen LogP contribution in [0.15, 0.2) is 22.7 Å². The van der Waals surface area contributed by atoms with Gasteiger partial charge in [-0.05, 0) is 50.5 Å². The van der Waals surface area contributed by atoms with Crippen molar-refractivity contribution in [1.29, 1.82) is 0 Å². The number of hydrogen-bond acceptors (Lipinski definition) is 2. The van der Waals surface area contributed by atoms with E-state index < -0.39 is 11.4 Å². The number of amides is 1. The highest BCUT2D eigenvalue weighted by Gasteiger charge is 2.38. The first-order chi connectivity index (χ1) is 9.32. The summed E-state index contributed by atoms with van der Waals surface area (Å²) in [5.74, 6) is -0.801. The molecule has 0 unspecified atom stereocenters. The lowest BCUT2D eigenvalue weighted by Gasteiger charge is -2.36. The minimum Gasteiger partial charge on any atom is -0.481 e. The molecule has 0 bridgehead atoms. The van der Waals surface area contributed by atoms with Crippen LogP contribution < -0.4 is 0 Å². The van der Waals surface area contributed by atoms with Crippen LogP contribution in [0.3, 0.4) is 0 Å². The predicted molar refractivity (Wildman–Crippen MR) is 79.8 cm³/mol. The van der Waals surface area contributed by atoms with E-state index in [0.717, 1.165) is 10.0 Å². The monoisotopic (exact) mass is 339 g/mol. The molecule has 1 aromatic carbocycles. The van der Waals surface area contributed by atoms with E-state index >= 15 is 0 Å². The number of carboxylic acids is 1. The first-order valence-electron chi connectivity index (χ1n) is 6.62. The molecule has 1 fully saturated rings. The molecular formula is C15H18BrNO3. The van der Waals surface area contributed by atoms with Gasteiger partial charge in [0.1, 0.15) is 0 Å². The van der Waals surface area contributed by atoms with Gasteiger partial charge in [-0.15, -0.1) is 0 Å². The number of rotatable bonds is 2. The van der Waals surface area contributed by atoms with Gasteiger partial charge in [-0.2, -0.15) is 0 Å². The van der Waals surface area contributed by atoms with Crippen LogP contribution >= 0.6 is 15.9 Å². The van der Waals surface area contributed by atoms with Crippen LogP contribution in [0.2, 0.25) is 0 Å². The van der Waals surface area contributed by atoms with E-state index in [2.05, 4.69) is 15.9 Å². The molecule has 2 rings (SSSR count). The van der Waals surface area contributed by atoms with E-state index in [0.29, 0.717) is 31.5 Å². The van der Waals surface area contributed by atoms with E-state index in [1.807, 2.05) is 19.1 Å². The van der Waals surface area contributed by atoms with E-state index in [1.165, 1.54) is 0 Å². The molecule has 4 nitrogen and oxygen atoms in total. The third kappa shape index (κ3) is 3.03. The van der Waals surface area contributed by atoms with Crippen molar-refractivity contribution in [2.45, 2.75) is 26.7 Å². The molecule has 20 heavy (non-hydrogen) atoms. The lowest BCUT2D eigenvalue weighted by molar-refractivity contribution is -0.150. The van der Waals surface area contributed by atoms with Crippen molar-refractivity contribution >= 4 is 27.8 Å². The van der Waals surface area contributed by atoms with Gasteiger partial charge < -0.3 is 10.0 Å². The van der Waals surface area contributed by atoms with Gasteiger partial charge in [-0.1, -0.05) is 15.9 Å². The molecule has 1 aliphatic heterocycles. The van der Waals surface area contributed by atoms with E-state index in [1.54, 1.807) is 17.9 Å². The van der Waals surface area contributed by atoms with E-state index in [9.17, 15) is 14.7 Å². The maximum Gasteiger partial charge on any atom is 0.309 e. The van der Waals surface area contributed by atoms with Crippen molar-refractivity contribution in [3.05, 3.63) is 33.8 Å². The summed E-state index contributed by atoms with van der Waals surface area (Å²) in [6, 6.07) is 5.62. The molecule has 1 amide bonds. The largest absolute Gasteiger partial charge is 0.481 e. The maximum absolute atomic E-state index is 12.4. The molecular weight excluding hydrogens is 322 g/mol. The lowest BCUT2D eigenvalue weighted by atomic mass is 9.80. The highest BCUT2D eigenvalue weighted by atomic mass is 79.9. The number of piperidine rings is 1. The van der Waals surface area contributed by atoms with Crippen molar-refractivity contribution < 1.29 is 14.7 Å². The predicted octanol–water partition coefficient (Wildman–Crippen LogP) is 3.08. The van der Waals surface area contributed by atoms with Crippen LogP contribution in [0.5, 0.6) is 0 Å². The summed E-state index contributed by atoms with van der Waals surface area (Å²) >= 11 is 3.39. The van der Waals surface area contributed by atoms with Crippen LogP contribution in [-0.4, -0.2) is 35.0 Å². The minimum atomic E-state index is -0.775. The second kappa shape index (κ2) is 5.56. The summed E-state index contributed by atoms with van der Waals surface area (Å²) in [6.07, 6.45) is 1.00. The van der Waals surface area contributed by atoms with Crippen molar-refractivity contribution in [2.75, 3.05) is 13.1 Å². The van der Waals surface area contributed by atoms with Crippen LogP contribution in [0, 0.1) is 12.3 Å². The first kappa shape index (κ1) is 15.0. The molecule has 108 valence electrons. The molecule has 1 N–H and O–H groups in total. The summed E-state index contributed by atoms with van der Waals surface area (Å²) in [6.45, 7) is 4.68. The Morgan fingerprint density at radius 3 is 2.35 bits per heavy atom. The number of likely N-dealkylation sites (tertiary alicyclic amines) is 1. The van der Waals surface area contributed by atoms with Crippen LogP contribution in [0.25, 0.3) is 0 Å². The Hall–Kier alpha value is -1.36. The topological polar surface area (TPSA) is 57.6 Å². The molecule has 1 aliphatic rings. The number of halogens is 1. The summed E-state index contributed by atoms with van der Waals surface area (Å²) in [4.78, 5) is 25.4. The van der Waals surface area contributed by atoms with Crippen molar-refractivity contribution in [1.82, 2.24) is 4.90 Å². The van der Waals surface area contributed by atoms with Crippen molar-refractivity contribution in [3.63, 3.8) is 0 Å². The smallest absolute Gasteiger partial charge is 0.309 e. The Morgan fingerprint density at radius 2 is 1.85 bits per heavy atom. The Labute approximate surface area is 126 Å². The first-order valence-corrected chi connectivity index (χ1v) is 7.41. The fraction of sp³-hybridized carbons (Fsp3) is 0.467. The number of carbonyl (C=O) groups excluding carboxylic acids is 1. The third-order valence-electron chi connectivity index (χ3n) is 3.96. The quantitative estimate of drug-likeness (QED) is 0.900. The Kier molecular flexibility index (Phi) is 4.18. The van der Waals surface area contributed by atoms with Crippen molar-refractivity contribution in [3.8, 4) is 0 Å². The van der Waals surface area contributed by atoms with Gasteiger partial charge in [-0.3, -0.25) is 9.59 Å². The molecule has 0 aliphatic carbocycles. The van der Waals surface area contributed by atoms with Crippen LogP contribution in [0.1, 0.15) is 35.7 Å². The third-order valence-corrected chi connectivity index (χ3v) is 4.42. The molecule has 1 heterocycles. The summed E-state index contributed by atoms with van der Waals surface area (Å²) in [7, 11) is 0. The molecule has 0 atom stereocenters. The zero-order valence-corrected chi connectivity index (χ0v) is 13.2. The number of carboxylic acid groups (broad SMARTS) is 1. The SMILES string of the molecule is Cc1cc(Br)cc(C(=O)N2CCC(C)(C(=O)O)CC2)c1.